The molecule has 1 heterocycles. The monoisotopic (exact) mass is 228 g/mol. The summed E-state index contributed by atoms with van der Waals surface area (Å²) in [6.07, 6.45) is 3.62. The van der Waals surface area contributed by atoms with Crippen LogP contribution in [0.15, 0.2) is 42.7 Å². The Bertz CT molecular complexity index is 451. The van der Waals surface area contributed by atoms with Crippen LogP contribution in [0, 0.1) is 0 Å². The second kappa shape index (κ2) is 5.41. The van der Waals surface area contributed by atoms with Gasteiger partial charge in [-0.1, -0.05) is 30.3 Å². The van der Waals surface area contributed by atoms with E-state index < -0.39 is 0 Å². The van der Waals surface area contributed by atoms with Crippen molar-refractivity contribution in [1.82, 2.24) is 9.97 Å². The molecule has 1 atom stereocenters. The molecule has 17 heavy (non-hydrogen) atoms. The van der Waals surface area contributed by atoms with Gasteiger partial charge in [0.2, 0.25) is 5.95 Å². The van der Waals surface area contributed by atoms with Crippen molar-refractivity contribution in [2.75, 3.05) is 11.9 Å². The summed E-state index contributed by atoms with van der Waals surface area (Å²) in [5, 5.41) is 3.08. The predicted molar refractivity (Wildman–Crippen MR) is 69.6 cm³/mol. The van der Waals surface area contributed by atoms with Crippen molar-refractivity contribution in [3.63, 3.8) is 0 Å². The first-order valence-corrected chi connectivity index (χ1v) is 5.62. The van der Waals surface area contributed by atoms with E-state index in [1.807, 2.05) is 49.6 Å². The minimum atomic E-state index is 0.0902. The zero-order chi connectivity index (χ0) is 12.1. The van der Waals surface area contributed by atoms with Crippen LogP contribution in [-0.4, -0.2) is 22.6 Å². The van der Waals surface area contributed by atoms with E-state index in [-0.39, 0.29) is 6.04 Å². The maximum absolute atomic E-state index is 5.64. The van der Waals surface area contributed by atoms with Gasteiger partial charge in [0, 0.05) is 30.5 Å². The fourth-order valence-corrected chi connectivity index (χ4v) is 1.45. The third kappa shape index (κ3) is 3.26. The lowest BCUT2D eigenvalue weighted by molar-refractivity contribution is 0.773. The van der Waals surface area contributed by atoms with Crippen molar-refractivity contribution in [1.29, 1.82) is 0 Å². The van der Waals surface area contributed by atoms with Gasteiger partial charge in [-0.25, -0.2) is 9.97 Å². The van der Waals surface area contributed by atoms with Gasteiger partial charge < -0.3 is 11.1 Å². The van der Waals surface area contributed by atoms with Crippen LogP contribution < -0.4 is 11.1 Å². The molecule has 4 nitrogen and oxygen atoms in total. The Kier molecular flexibility index (Phi) is 3.67. The highest BCUT2D eigenvalue weighted by Crippen LogP contribution is 2.16. The quantitative estimate of drug-likeness (QED) is 0.839. The van der Waals surface area contributed by atoms with Crippen molar-refractivity contribution in [2.45, 2.75) is 13.0 Å². The fourth-order valence-electron chi connectivity index (χ4n) is 1.45. The summed E-state index contributed by atoms with van der Waals surface area (Å²) in [6.45, 7) is 2.61. The summed E-state index contributed by atoms with van der Waals surface area (Å²) in [6, 6.07) is 10.1. The Hall–Kier alpha value is -1.94. The Morgan fingerprint density at radius 1 is 1.12 bits per heavy atom. The molecule has 0 saturated carbocycles. The molecule has 0 fully saturated rings. The highest BCUT2D eigenvalue weighted by Gasteiger charge is 2.00. The summed E-state index contributed by atoms with van der Waals surface area (Å²) in [5.41, 5.74) is 7.77. The molecule has 0 saturated heterocycles. The van der Waals surface area contributed by atoms with Crippen LogP contribution in [0.25, 0.3) is 11.1 Å². The van der Waals surface area contributed by atoms with Gasteiger partial charge in [0.1, 0.15) is 0 Å². The summed E-state index contributed by atoms with van der Waals surface area (Å²) in [7, 11) is 0. The minimum Gasteiger partial charge on any atom is -0.353 e. The molecule has 88 valence electrons. The standard InChI is InChI=1S/C13H16N4/c1-10(14)7-15-13-16-8-12(9-17-13)11-5-3-2-4-6-11/h2-6,8-10H,7,14H2,1H3,(H,15,16,17). The van der Waals surface area contributed by atoms with Crippen LogP contribution >= 0.6 is 0 Å². The van der Waals surface area contributed by atoms with E-state index in [4.69, 9.17) is 5.73 Å². The molecule has 2 rings (SSSR count). The fraction of sp³-hybridized carbons (Fsp3) is 0.231. The van der Waals surface area contributed by atoms with E-state index in [1.54, 1.807) is 0 Å². The smallest absolute Gasteiger partial charge is 0.222 e. The number of rotatable bonds is 4. The summed E-state index contributed by atoms with van der Waals surface area (Å²) in [5.74, 6) is 0.613. The first-order valence-electron chi connectivity index (χ1n) is 5.62. The normalized spacial score (nSPS) is 12.1. The molecule has 1 aromatic heterocycles. The number of aromatic nitrogens is 2. The van der Waals surface area contributed by atoms with Gasteiger partial charge in [-0.15, -0.1) is 0 Å². The Morgan fingerprint density at radius 2 is 1.76 bits per heavy atom. The zero-order valence-corrected chi connectivity index (χ0v) is 9.80. The number of nitrogens with zero attached hydrogens (tertiary/aromatic N) is 2. The summed E-state index contributed by atoms with van der Waals surface area (Å²) in [4.78, 5) is 8.50. The SMILES string of the molecule is CC(N)CNc1ncc(-c2ccccc2)cn1. The number of hydrogen-bond donors (Lipinski definition) is 2. The van der Waals surface area contributed by atoms with Crippen LogP contribution in [0.1, 0.15) is 6.92 Å². The van der Waals surface area contributed by atoms with Crippen molar-refractivity contribution in [3.8, 4) is 11.1 Å². The number of nitrogens with one attached hydrogen (secondary N) is 1. The van der Waals surface area contributed by atoms with Gasteiger partial charge in [-0.2, -0.15) is 0 Å². The molecule has 3 N–H and O–H groups in total. The van der Waals surface area contributed by atoms with Gasteiger partial charge in [0.25, 0.3) is 0 Å². The topological polar surface area (TPSA) is 63.8 Å². The highest BCUT2D eigenvalue weighted by molar-refractivity contribution is 5.61. The van der Waals surface area contributed by atoms with Crippen LogP contribution in [0.2, 0.25) is 0 Å². The molecule has 1 aromatic carbocycles. The largest absolute Gasteiger partial charge is 0.353 e. The summed E-state index contributed by atoms with van der Waals surface area (Å²) >= 11 is 0. The lowest BCUT2D eigenvalue weighted by Crippen LogP contribution is -2.25. The third-order valence-electron chi connectivity index (χ3n) is 2.34. The Labute approximate surface area is 101 Å². The van der Waals surface area contributed by atoms with Crippen molar-refractivity contribution < 1.29 is 0 Å². The predicted octanol–water partition coefficient (Wildman–Crippen LogP) is 1.90. The molecule has 2 aromatic rings. The van der Waals surface area contributed by atoms with Crippen molar-refractivity contribution in [2.24, 2.45) is 5.73 Å². The number of anilines is 1. The van der Waals surface area contributed by atoms with Gasteiger partial charge in [-0.05, 0) is 12.5 Å². The molecule has 0 aliphatic carbocycles. The van der Waals surface area contributed by atoms with Crippen LogP contribution in [0.4, 0.5) is 5.95 Å². The van der Waals surface area contributed by atoms with E-state index >= 15 is 0 Å². The van der Waals surface area contributed by atoms with Gasteiger partial charge in [-0.3, -0.25) is 0 Å². The van der Waals surface area contributed by atoms with Crippen molar-refractivity contribution in [3.05, 3.63) is 42.7 Å². The molecule has 0 amide bonds. The van der Waals surface area contributed by atoms with Gasteiger partial charge in [0.15, 0.2) is 0 Å². The van der Waals surface area contributed by atoms with Gasteiger partial charge >= 0.3 is 0 Å². The van der Waals surface area contributed by atoms with E-state index in [9.17, 15) is 0 Å². The lowest BCUT2D eigenvalue weighted by Gasteiger charge is -2.07. The molecule has 0 aliphatic rings. The maximum Gasteiger partial charge on any atom is 0.222 e. The van der Waals surface area contributed by atoms with Gasteiger partial charge in [0.05, 0.1) is 0 Å². The molecule has 0 bridgehead atoms. The van der Waals surface area contributed by atoms with Crippen LogP contribution in [0.5, 0.6) is 0 Å². The summed E-state index contributed by atoms with van der Waals surface area (Å²) < 4.78 is 0. The molecule has 1 unspecified atom stereocenters. The third-order valence-corrected chi connectivity index (χ3v) is 2.34. The molecular formula is C13H16N4. The molecule has 0 radical (unpaired) electrons. The lowest BCUT2D eigenvalue weighted by atomic mass is 10.1. The number of nitrogens with two attached hydrogens (primary N) is 1. The van der Waals surface area contributed by atoms with E-state index in [2.05, 4.69) is 15.3 Å². The second-order valence-electron chi connectivity index (χ2n) is 4.02. The average molecular weight is 228 g/mol. The zero-order valence-electron chi connectivity index (χ0n) is 9.80. The minimum absolute atomic E-state index is 0.0902. The first-order chi connectivity index (χ1) is 8.25. The molecular weight excluding hydrogens is 212 g/mol. The van der Waals surface area contributed by atoms with E-state index in [0.29, 0.717) is 12.5 Å². The maximum atomic E-state index is 5.64. The van der Waals surface area contributed by atoms with Crippen LogP contribution in [0.3, 0.4) is 0 Å². The van der Waals surface area contributed by atoms with E-state index in [0.717, 1.165) is 11.1 Å². The van der Waals surface area contributed by atoms with Crippen LogP contribution in [-0.2, 0) is 0 Å². The average Bonchev–Trinajstić information content (AvgIpc) is 2.38. The molecule has 0 aliphatic heterocycles. The Morgan fingerprint density at radius 3 is 2.35 bits per heavy atom. The van der Waals surface area contributed by atoms with Crippen molar-refractivity contribution >= 4 is 5.95 Å². The Balaban J connectivity index is 2.08. The van der Waals surface area contributed by atoms with E-state index in [1.165, 1.54) is 0 Å². The highest BCUT2D eigenvalue weighted by atomic mass is 15.1. The first kappa shape index (κ1) is 11.5. The molecule has 0 spiro atoms. The second-order valence-corrected chi connectivity index (χ2v) is 4.02. The number of benzene rings is 1. The number of hydrogen-bond acceptors (Lipinski definition) is 4. The molecule has 4 heteroatoms.